The molecule has 1 fully saturated rings. The number of anilines is 1. The Morgan fingerprint density at radius 2 is 1.96 bits per heavy atom. The zero-order chi connectivity index (χ0) is 17.2. The average molecular weight is 332 g/mol. The number of fused-ring (bicyclic) bond motifs is 1. The lowest BCUT2D eigenvalue weighted by atomic mass is 10.1. The van der Waals surface area contributed by atoms with Crippen LogP contribution in [0.25, 0.3) is 22.2 Å². The molecule has 1 amide bonds. The van der Waals surface area contributed by atoms with Crippen LogP contribution in [0.2, 0.25) is 0 Å². The van der Waals surface area contributed by atoms with E-state index in [0.717, 1.165) is 46.4 Å². The Labute approximate surface area is 146 Å². The van der Waals surface area contributed by atoms with Crippen LogP contribution in [0.15, 0.2) is 54.6 Å². The molecule has 1 saturated carbocycles. The summed E-state index contributed by atoms with van der Waals surface area (Å²) in [6, 6.07) is 17.8. The van der Waals surface area contributed by atoms with Crippen molar-refractivity contribution in [3.63, 3.8) is 0 Å². The fourth-order valence-electron chi connectivity index (χ4n) is 2.89. The van der Waals surface area contributed by atoms with E-state index in [4.69, 9.17) is 9.72 Å². The first-order valence-electron chi connectivity index (χ1n) is 8.68. The monoisotopic (exact) mass is 332 g/mol. The number of pyridine rings is 1. The highest BCUT2D eigenvalue weighted by molar-refractivity contribution is 5.97. The summed E-state index contributed by atoms with van der Waals surface area (Å²) in [5, 5.41) is 3.90. The van der Waals surface area contributed by atoms with Gasteiger partial charge in [-0.25, -0.2) is 4.98 Å². The maximum absolute atomic E-state index is 12.0. The Bertz CT molecular complexity index is 918. The third-order valence-corrected chi connectivity index (χ3v) is 4.36. The van der Waals surface area contributed by atoms with Crippen LogP contribution in [0.3, 0.4) is 0 Å². The van der Waals surface area contributed by atoms with Crippen molar-refractivity contribution in [3.8, 4) is 17.0 Å². The molecule has 0 radical (unpaired) electrons. The number of carbonyl (C=O) groups excluding carboxylic acids is 1. The predicted octanol–water partition coefficient (Wildman–Crippen LogP) is 4.65. The second-order valence-electron chi connectivity index (χ2n) is 6.30. The Morgan fingerprint density at radius 3 is 2.68 bits per heavy atom. The molecule has 2 aromatic carbocycles. The van der Waals surface area contributed by atoms with Gasteiger partial charge in [0.05, 0.1) is 17.8 Å². The van der Waals surface area contributed by atoms with Gasteiger partial charge in [-0.05, 0) is 38.0 Å². The molecule has 1 heterocycles. The fourth-order valence-corrected chi connectivity index (χ4v) is 2.89. The highest BCUT2D eigenvalue weighted by Crippen LogP contribution is 2.33. The molecule has 1 aliphatic rings. The third kappa shape index (κ3) is 3.33. The van der Waals surface area contributed by atoms with Crippen LogP contribution in [-0.4, -0.2) is 17.5 Å². The van der Waals surface area contributed by atoms with E-state index in [1.165, 1.54) is 0 Å². The quantitative estimate of drug-likeness (QED) is 0.740. The number of amides is 1. The number of hydrogen-bond acceptors (Lipinski definition) is 3. The number of hydrogen-bond donors (Lipinski definition) is 1. The normalized spacial score (nSPS) is 13.6. The summed E-state index contributed by atoms with van der Waals surface area (Å²) in [6.07, 6.45) is 1.98. The zero-order valence-electron chi connectivity index (χ0n) is 14.2. The van der Waals surface area contributed by atoms with E-state index >= 15 is 0 Å². The topological polar surface area (TPSA) is 51.2 Å². The van der Waals surface area contributed by atoms with Crippen LogP contribution in [0.5, 0.6) is 5.75 Å². The molecule has 25 heavy (non-hydrogen) atoms. The highest BCUT2D eigenvalue weighted by Gasteiger charge is 2.29. The van der Waals surface area contributed by atoms with Gasteiger partial charge in [0.1, 0.15) is 5.75 Å². The van der Waals surface area contributed by atoms with Crippen molar-refractivity contribution in [2.45, 2.75) is 19.8 Å². The van der Waals surface area contributed by atoms with Crippen LogP contribution in [-0.2, 0) is 4.79 Å². The van der Waals surface area contributed by atoms with Crippen molar-refractivity contribution in [1.29, 1.82) is 0 Å². The second-order valence-corrected chi connectivity index (χ2v) is 6.30. The van der Waals surface area contributed by atoms with Crippen molar-refractivity contribution in [2.75, 3.05) is 11.9 Å². The van der Waals surface area contributed by atoms with Gasteiger partial charge < -0.3 is 10.1 Å². The molecule has 0 unspecified atom stereocenters. The standard InChI is InChI=1S/C21H20N2O2/c1-2-25-20-13-19(14-6-4-3-5-7-14)23-18-11-10-16(12-17(18)20)22-21(24)15-8-9-15/h3-7,10-13,15H,2,8-9H2,1H3,(H,22,24). The Kier molecular flexibility index (Phi) is 4.10. The lowest BCUT2D eigenvalue weighted by Crippen LogP contribution is -2.13. The minimum absolute atomic E-state index is 0.103. The van der Waals surface area contributed by atoms with E-state index in [1.807, 2.05) is 61.5 Å². The SMILES string of the molecule is CCOc1cc(-c2ccccc2)nc2ccc(NC(=O)C3CC3)cc12. The third-order valence-electron chi connectivity index (χ3n) is 4.36. The molecule has 4 heteroatoms. The number of nitrogens with zero attached hydrogens (tertiary/aromatic N) is 1. The van der Waals surface area contributed by atoms with Crippen molar-refractivity contribution in [3.05, 3.63) is 54.6 Å². The van der Waals surface area contributed by atoms with Gasteiger partial charge in [0.15, 0.2) is 0 Å². The first-order valence-corrected chi connectivity index (χ1v) is 8.68. The molecule has 0 bridgehead atoms. The summed E-state index contributed by atoms with van der Waals surface area (Å²) >= 11 is 0. The van der Waals surface area contributed by atoms with Gasteiger partial charge in [0, 0.05) is 28.6 Å². The number of nitrogens with one attached hydrogen (secondary N) is 1. The predicted molar refractivity (Wildman–Crippen MR) is 99.7 cm³/mol. The number of ether oxygens (including phenoxy) is 1. The second kappa shape index (κ2) is 6.55. The Hall–Kier alpha value is -2.88. The summed E-state index contributed by atoms with van der Waals surface area (Å²) in [5.74, 6) is 1.07. The van der Waals surface area contributed by atoms with Crippen LogP contribution in [0.1, 0.15) is 19.8 Å². The summed E-state index contributed by atoms with van der Waals surface area (Å²) in [5.41, 5.74) is 3.58. The first-order chi connectivity index (χ1) is 12.2. The summed E-state index contributed by atoms with van der Waals surface area (Å²) in [7, 11) is 0. The number of benzene rings is 2. The molecule has 0 aliphatic heterocycles. The van der Waals surface area contributed by atoms with Gasteiger partial charge in [-0.15, -0.1) is 0 Å². The minimum Gasteiger partial charge on any atom is -0.493 e. The molecule has 126 valence electrons. The van der Waals surface area contributed by atoms with Crippen LogP contribution in [0.4, 0.5) is 5.69 Å². The highest BCUT2D eigenvalue weighted by atomic mass is 16.5. The van der Waals surface area contributed by atoms with Crippen LogP contribution >= 0.6 is 0 Å². The largest absolute Gasteiger partial charge is 0.493 e. The van der Waals surface area contributed by atoms with Crippen molar-refractivity contribution >= 4 is 22.5 Å². The lowest BCUT2D eigenvalue weighted by Gasteiger charge is -2.12. The maximum atomic E-state index is 12.0. The molecule has 1 aliphatic carbocycles. The van der Waals surface area contributed by atoms with E-state index in [2.05, 4.69) is 5.32 Å². The summed E-state index contributed by atoms with van der Waals surface area (Å²) in [6.45, 7) is 2.54. The maximum Gasteiger partial charge on any atom is 0.227 e. The smallest absolute Gasteiger partial charge is 0.227 e. The number of aromatic nitrogens is 1. The van der Waals surface area contributed by atoms with Crippen LogP contribution in [0, 0.1) is 5.92 Å². The number of rotatable bonds is 5. The van der Waals surface area contributed by atoms with E-state index < -0.39 is 0 Å². The zero-order valence-corrected chi connectivity index (χ0v) is 14.2. The molecule has 0 saturated heterocycles. The molecule has 4 rings (SSSR count). The van der Waals surface area contributed by atoms with Gasteiger partial charge in [-0.3, -0.25) is 4.79 Å². The molecule has 1 N–H and O–H groups in total. The number of carbonyl (C=O) groups is 1. The fraction of sp³-hybridized carbons (Fsp3) is 0.238. The van der Waals surface area contributed by atoms with Gasteiger partial charge in [0.25, 0.3) is 0 Å². The minimum atomic E-state index is 0.103. The van der Waals surface area contributed by atoms with E-state index in [-0.39, 0.29) is 11.8 Å². The van der Waals surface area contributed by atoms with Gasteiger partial charge in [0.2, 0.25) is 5.91 Å². The van der Waals surface area contributed by atoms with Gasteiger partial charge in [-0.1, -0.05) is 30.3 Å². The van der Waals surface area contributed by atoms with E-state index in [1.54, 1.807) is 0 Å². The molecule has 3 aromatic rings. The van der Waals surface area contributed by atoms with E-state index in [0.29, 0.717) is 6.61 Å². The molecule has 1 aromatic heterocycles. The van der Waals surface area contributed by atoms with Crippen molar-refractivity contribution in [1.82, 2.24) is 4.98 Å². The van der Waals surface area contributed by atoms with Crippen LogP contribution < -0.4 is 10.1 Å². The molecule has 0 atom stereocenters. The molecule has 4 nitrogen and oxygen atoms in total. The summed E-state index contributed by atoms with van der Waals surface area (Å²) < 4.78 is 5.85. The molecular formula is C21H20N2O2. The summed E-state index contributed by atoms with van der Waals surface area (Å²) in [4.78, 5) is 16.8. The van der Waals surface area contributed by atoms with E-state index in [9.17, 15) is 4.79 Å². The molecular weight excluding hydrogens is 312 g/mol. The lowest BCUT2D eigenvalue weighted by molar-refractivity contribution is -0.117. The van der Waals surface area contributed by atoms with Gasteiger partial charge in [-0.2, -0.15) is 0 Å². The Balaban J connectivity index is 1.76. The average Bonchev–Trinajstić information content (AvgIpc) is 3.48. The van der Waals surface area contributed by atoms with Gasteiger partial charge >= 0.3 is 0 Å². The first kappa shape index (κ1) is 15.6. The van der Waals surface area contributed by atoms with Crippen molar-refractivity contribution in [2.24, 2.45) is 5.92 Å². The molecule has 0 spiro atoms. The Morgan fingerprint density at radius 1 is 1.16 bits per heavy atom. The van der Waals surface area contributed by atoms with Crippen molar-refractivity contribution < 1.29 is 9.53 Å².